The van der Waals surface area contributed by atoms with Crippen molar-refractivity contribution in [3.05, 3.63) is 52.2 Å². The van der Waals surface area contributed by atoms with E-state index in [1.807, 2.05) is 0 Å². The third kappa shape index (κ3) is 3.41. The Hall–Kier alpha value is -1.32. The highest BCUT2D eigenvalue weighted by molar-refractivity contribution is 7.08. The van der Waals surface area contributed by atoms with Gasteiger partial charge >= 0.3 is 0 Å². The molecular weight excluding hydrogens is 264 g/mol. The Kier molecular flexibility index (Phi) is 4.38. The maximum Gasteiger partial charge on any atom is 0.0480 e. The van der Waals surface area contributed by atoms with Gasteiger partial charge in [0.1, 0.15) is 0 Å². The molecule has 106 valence electrons. The normalized spacial score (nSPS) is 17.2. The smallest absolute Gasteiger partial charge is 0.0480 e. The minimum atomic E-state index is 0.635. The van der Waals surface area contributed by atoms with Crippen LogP contribution in [0.15, 0.2) is 41.1 Å². The molecular formula is C17H22N2S. The van der Waals surface area contributed by atoms with Crippen LogP contribution >= 0.6 is 11.3 Å². The van der Waals surface area contributed by atoms with Crippen LogP contribution in [0.4, 0.5) is 5.69 Å². The molecule has 2 nitrogen and oxygen atoms in total. The number of anilines is 1. The largest absolute Gasteiger partial charge is 0.381 e. The van der Waals surface area contributed by atoms with E-state index >= 15 is 0 Å². The molecule has 1 aromatic heterocycles. The van der Waals surface area contributed by atoms with Crippen LogP contribution in [0.1, 0.15) is 24.0 Å². The Morgan fingerprint density at radius 1 is 1.15 bits per heavy atom. The molecule has 1 fully saturated rings. The summed E-state index contributed by atoms with van der Waals surface area (Å²) in [5, 5.41) is 8.14. The highest BCUT2D eigenvalue weighted by Gasteiger charge is 2.19. The van der Waals surface area contributed by atoms with Gasteiger partial charge in [0.25, 0.3) is 0 Å². The maximum atomic E-state index is 3.70. The van der Waals surface area contributed by atoms with Crippen LogP contribution in [-0.2, 0) is 6.54 Å². The molecule has 0 saturated carbocycles. The van der Waals surface area contributed by atoms with Gasteiger partial charge in [-0.3, -0.25) is 4.90 Å². The summed E-state index contributed by atoms with van der Waals surface area (Å²) in [5.74, 6) is 0. The van der Waals surface area contributed by atoms with Crippen molar-refractivity contribution in [3.8, 4) is 0 Å². The Morgan fingerprint density at radius 3 is 2.55 bits per heavy atom. The SMILES string of the molecule is Cc1cscc1NC1CCN(Cc2ccccc2)CC1. The van der Waals surface area contributed by atoms with Gasteiger partial charge in [-0.2, -0.15) is 0 Å². The first kappa shape index (κ1) is 13.7. The van der Waals surface area contributed by atoms with Crippen LogP contribution in [0.5, 0.6) is 0 Å². The summed E-state index contributed by atoms with van der Waals surface area (Å²) < 4.78 is 0. The summed E-state index contributed by atoms with van der Waals surface area (Å²) in [7, 11) is 0. The second-order valence-corrected chi connectivity index (χ2v) is 6.39. The fourth-order valence-corrected chi connectivity index (χ4v) is 3.59. The first-order chi connectivity index (χ1) is 9.81. The van der Waals surface area contributed by atoms with Gasteiger partial charge in [0.05, 0.1) is 0 Å². The van der Waals surface area contributed by atoms with Crippen molar-refractivity contribution < 1.29 is 0 Å². The lowest BCUT2D eigenvalue weighted by Gasteiger charge is -2.32. The quantitative estimate of drug-likeness (QED) is 0.909. The van der Waals surface area contributed by atoms with Crippen molar-refractivity contribution in [2.24, 2.45) is 0 Å². The molecule has 0 amide bonds. The van der Waals surface area contributed by atoms with Gasteiger partial charge in [-0.25, -0.2) is 0 Å². The number of piperidine rings is 1. The Morgan fingerprint density at radius 2 is 1.90 bits per heavy atom. The summed E-state index contributed by atoms with van der Waals surface area (Å²) >= 11 is 1.78. The molecule has 0 aliphatic carbocycles. The van der Waals surface area contributed by atoms with Gasteiger partial charge in [0.15, 0.2) is 0 Å². The van der Waals surface area contributed by atoms with E-state index in [9.17, 15) is 0 Å². The zero-order valence-electron chi connectivity index (χ0n) is 12.0. The van der Waals surface area contributed by atoms with E-state index in [1.165, 1.54) is 42.7 Å². The van der Waals surface area contributed by atoms with E-state index < -0.39 is 0 Å². The van der Waals surface area contributed by atoms with Gasteiger partial charge in [-0.1, -0.05) is 30.3 Å². The third-order valence-corrected chi connectivity index (χ3v) is 4.91. The average molecular weight is 286 g/mol. The second kappa shape index (κ2) is 6.42. The maximum absolute atomic E-state index is 3.70. The van der Waals surface area contributed by atoms with E-state index in [0.717, 1.165) is 6.54 Å². The number of nitrogens with one attached hydrogen (secondary N) is 1. The summed E-state index contributed by atoms with van der Waals surface area (Å²) in [6, 6.07) is 11.4. The van der Waals surface area contributed by atoms with E-state index in [0.29, 0.717) is 6.04 Å². The standard InChI is InChI=1S/C17H22N2S/c1-14-12-20-13-17(14)18-16-7-9-19(10-8-16)11-15-5-3-2-4-6-15/h2-6,12-13,16,18H,7-11H2,1H3. The molecule has 1 aliphatic heterocycles. The predicted octanol–water partition coefficient (Wildman–Crippen LogP) is 4.13. The van der Waals surface area contributed by atoms with Crippen molar-refractivity contribution in [3.63, 3.8) is 0 Å². The molecule has 0 radical (unpaired) electrons. The molecule has 2 aromatic rings. The van der Waals surface area contributed by atoms with Crippen molar-refractivity contribution >= 4 is 17.0 Å². The predicted molar refractivity (Wildman–Crippen MR) is 87.4 cm³/mol. The number of likely N-dealkylation sites (tertiary alicyclic amines) is 1. The van der Waals surface area contributed by atoms with Crippen molar-refractivity contribution in [1.82, 2.24) is 4.90 Å². The lowest BCUT2D eigenvalue weighted by molar-refractivity contribution is 0.211. The van der Waals surface area contributed by atoms with Crippen LogP contribution < -0.4 is 5.32 Å². The fraction of sp³-hybridized carbons (Fsp3) is 0.412. The summed E-state index contributed by atoms with van der Waals surface area (Å²) in [5.41, 5.74) is 4.13. The molecule has 20 heavy (non-hydrogen) atoms. The first-order valence-corrected chi connectivity index (χ1v) is 8.31. The first-order valence-electron chi connectivity index (χ1n) is 7.37. The number of benzene rings is 1. The molecule has 0 unspecified atom stereocenters. The van der Waals surface area contributed by atoms with Crippen LogP contribution in [-0.4, -0.2) is 24.0 Å². The fourth-order valence-electron chi connectivity index (χ4n) is 2.81. The molecule has 3 heteroatoms. The minimum absolute atomic E-state index is 0.635. The van der Waals surface area contributed by atoms with E-state index in [4.69, 9.17) is 0 Å². The van der Waals surface area contributed by atoms with E-state index in [2.05, 4.69) is 58.2 Å². The average Bonchev–Trinajstić information content (AvgIpc) is 2.88. The highest BCUT2D eigenvalue weighted by atomic mass is 32.1. The molecule has 2 heterocycles. The van der Waals surface area contributed by atoms with Gasteiger partial charge in [-0.05, 0) is 36.3 Å². The number of rotatable bonds is 4. The number of hydrogen-bond donors (Lipinski definition) is 1. The molecule has 0 bridgehead atoms. The molecule has 0 atom stereocenters. The van der Waals surface area contributed by atoms with Crippen LogP contribution in [0.3, 0.4) is 0 Å². The molecule has 1 aliphatic rings. The Labute approximate surface area is 125 Å². The molecule has 1 saturated heterocycles. The van der Waals surface area contributed by atoms with Crippen LogP contribution in [0.2, 0.25) is 0 Å². The molecule has 1 aromatic carbocycles. The number of hydrogen-bond acceptors (Lipinski definition) is 3. The number of nitrogens with zero attached hydrogens (tertiary/aromatic N) is 1. The van der Waals surface area contributed by atoms with E-state index in [-0.39, 0.29) is 0 Å². The zero-order chi connectivity index (χ0) is 13.8. The van der Waals surface area contributed by atoms with Gasteiger partial charge in [0, 0.05) is 36.7 Å². The zero-order valence-corrected chi connectivity index (χ0v) is 12.8. The van der Waals surface area contributed by atoms with Gasteiger partial charge in [-0.15, -0.1) is 11.3 Å². The lowest BCUT2D eigenvalue weighted by atomic mass is 10.0. The molecule has 1 N–H and O–H groups in total. The van der Waals surface area contributed by atoms with Crippen molar-refractivity contribution in [1.29, 1.82) is 0 Å². The number of aryl methyl sites for hydroxylation is 1. The third-order valence-electron chi connectivity index (χ3n) is 4.05. The van der Waals surface area contributed by atoms with Crippen LogP contribution in [0, 0.1) is 6.92 Å². The molecule has 0 spiro atoms. The summed E-state index contributed by atoms with van der Waals surface area (Å²) in [6.45, 7) is 5.65. The second-order valence-electron chi connectivity index (χ2n) is 5.65. The lowest BCUT2D eigenvalue weighted by Crippen LogP contribution is -2.38. The number of thiophene rings is 1. The minimum Gasteiger partial charge on any atom is -0.381 e. The molecule has 3 rings (SSSR count). The summed E-state index contributed by atoms with van der Waals surface area (Å²) in [4.78, 5) is 2.56. The van der Waals surface area contributed by atoms with Crippen molar-refractivity contribution in [2.75, 3.05) is 18.4 Å². The highest BCUT2D eigenvalue weighted by Crippen LogP contribution is 2.23. The van der Waals surface area contributed by atoms with Gasteiger partial charge < -0.3 is 5.32 Å². The monoisotopic (exact) mass is 286 g/mol. The Bertz CT molecular complexity index is 527. The van der Waals surface area contributed by atoms with Gasteiger partial charge in [0.2, 0.25) is 0 Å². The summed E-state index contributed by atoms with van der Waals surface area (Å²) in [6.07, 6.45) is 2.48. The topological polar surface area (TPSA) is 15.3 Å². The van der Waals surface area contributed by atoms with Crippen LogP contribution in [0.25, 0.3) is 0 Å². The van der Waals surface area contributed by atoms with Crippen molar-refractivity contribution in [2.45, 2.75) is 32.4 Å². The van der Waals surface area contributed by atoms with E-state index in [1.54, 1.807) is 11.3 Å². The Balaban J connectivity index is 1.49.